The zero-order valence-corrected chi connectivity index (χ0v) is 19.6. The Morgan fingerprint density at radius 2 is 2.00 bits per heavy atom. The fraction of sp³-hybridized carbons (Fsp3) is 0.333. The van der Waals surface area contributed by atoms with Crippen LogP contribution in [-0.4, -0.2) is 51.6 Å². The summed E-state index contributed by atoms with van der Waals surface area (Å²) in [5, 5.41) is 22.9. The number of hydrogen-bond acceptors (Lipinski definition) is 5. The van der Waals surface area contributed by atoms with E-state index >= 15 is 0 Å². The normalized spacial score (nSPS) is 13.8. The Balaban J connectivity index is 1.83. The standard InChI is InChI=1S/C24H26ClFN4O4/c1-3-34-14-24(2,23(32)33)12-18(28-22(31)21-13-27-30-29-21)10-15-4-6-16(7-5-15)19-11-17(25)8-9-20(19)26/h4-9,11,13,18H,3,10,12,14H2,1-2H3,(H,28,31)(H,32,33)(H,27,29,30)/t18-,24?/m1/s1. The number of amides is 1. The Hall–Kier alpha value is -3.30. The SMILES string of the molecule is CCOCC(C)(C[C@@H](Cc1ccc(-c2cc(Cl)ccc2F)cc1)NC(=O)c1c[nH]nn1)C(=O)O. The van der Waals surface area contributed by atoms with Gasteiger partial charge < -0.3 is 15.2 Å². The molecular weight excluding hydrogens is 463 g/mol. The molecule has 1 unspecified atom stereocenters. The van der Waals surface area contributed by atoms with Crippen molar-refractivity contribution in [2.45, 2.75) is 32.7 Å². The highest BCUT2D eigenvalue weighted by molar-refractivity contribution is 6.30. The fourth-order valence-corrected chi connectivity index (χ4v) is 3.82. The van der Waals surface area contributed by atoms with Crippen molar-refractivity contribution in [2.75, 3.05) is 13.2 Å². The van der Waals surface area contributed by atoms with Crippen LogP contribution in [0.3, 0.4) is 0 Å². The summed E-state index contributed by atoms with van der Waals surface area (Å²) in [5.74, 6) is -1.88. The molecule has 0 aliphatic heterocycles. The number of carboxylic acids is 1. The summed E-state index contributed by atoms with van der Waals surface area (Å²) in [4.78, 5) is 24.6. The third kappa shape index (κ3) is 6.39. The minimum atomic E-state index is -1.22. The van der Waals surface area contributed by atoms with Crippen LogP contribution in [0.4, 0.5) is 4.39 Å². The maximum absolute atomic E-state index is 14.2. The van der Waals surface area contributed by atoms with E-state index < -0.39 is 23.3 Å². The van der Waals surface area contributed by atoms with Crippen molar-refractivity contribution >= 4 is 23.5 Å². The molecule has 0 saturated carbocycles. The van der Waals surface area contributed by atoms with Gasteiger partial charge in [0.25, 0.3) is 5.91 Å². The summed E-state index contributed by atoms with van der Waals surface area (Å²) in [6, 6.07) is 11.0. The van der Waals surface area contributed by atoms with Crippen molar-refractivity contribution < 1.29 is 23.8 Å². The van der Waals surface area contributed by atoms with E-state index in [4.69, 9.17) is 16.3 Å². The Morgan fingerprint density at radius 3 is 2.62 bits per heavy atom. The molecule has 10 heteroatoms. The number of carboxylic acid groups (broad SMARTS) is 1. The summed E-state index contributed by atoms with van der Waals surface area (Å²) < 4.78 is 19.6. The van der Waals surface area contributed by atoms with Gasteiger partial charge in [-0.1, -0.05) is 41.1 Å². The van der Waals surface area contributed by atoms with E-state index in [0.29, 0.717) is 29.2 Å². The van der Waals surface area contributed by atoms with Crippen LogP contribution in [0.5, 0.6) is 0 Å². The third-order valence-corrected chi connectivity index (χ3v) is 5.73. The van der Waals surface area contributed by atoms with E-state index in [1.54, 1.807) is 32.0 Å². The van der Waals surface area contributed by atoms with Crippen LogP contribution in [0.1, 0.15) is 36.3 Å². The van der Waals surface area contributed by atoms with Gasteiger partial charge in [-0.2, -0.15) is 0 Å². The highest BCUT2D eigenvalue weighted by Crippen LogP contribution is 2.29. The number of halogens is 2. The van der Waals surface area contributed by atoms with Gasteiger partial charge in [0.2, 0.25) is 0 Å². The lowest BCUT2D eigenvalue weighted by Gasteiger charge is -2.30. The predicted molar refractivity (Wildman–Crippen MR) is 125 cm³/mol. The minimum Gasteiger partial charge on any atom is -0.481 e. The van der Waals surface area contributed by atoms with E-state index in [2.05, 4.69) is 20.7 Å². The van der Waals surface area contributed by atoms with E-state index in [-0.39, 0.29) is 24.5 Å². The maximum atomic E-state index is 14.2. The molecule has 0 aliphatic carbocycles. The lowest BCUT2D eigenvalue weighted by molar-refractivity contribution is -0.152. The zero-order chi connectivity index (χ0) is 24.7. The summed E-state index contributed by atoms with van der Waals surface area (Å²) in [5.41, 5.74) is 0.741. The number of carbonyl (C=O) groups is 2. The Morgan fingerprint density at radius 1 is 1.26 bits per heavy atom. The van der Waals surface area contributed by atoms with E-state index in [1.807, 2.05) is 12.1 Å². The molecule has 3 N–H and O–H groups in total. The van der Waals surface area contributed by atoms with Crippen molar-refractivity contribution in [2.24, 2.45) is 5.41 Å². The van der Waals surface area contributed by atoms with Gasteiger partial charge in [0, 0.05) is 23.2 Å². The predicted octanol–water partition coefficient (Wildman–Crippen LogP) is 4.12. The molecular formula is C24H26ClFN4O4. The van der Waals surface area contributed by atoms with Crippen LogP contribution in [0, 0.1) is 11.2 Å². The molecule has 0 bridgehead atoms. The number of benzene rings is 2. The summed E-state index contributed by atoms with van der Waals surface area (Å²) >= 11 is 6.00. The van der Waals surface area contributed by atoms with E-state index in [9.17, 15) is 19.1 Å². The topological polar surface area (TPSA) is 117 Å². The Kier molecular flexibility index (Phi) is 8.36. The number of aliphatic carboxylic acids is 1. The monoisotopic (exact) mass is 488 g/mol. The van der Waals surface area contributed by atoms with Crippen LogP contribution in [-0.2, 0) is 16.0 Å². The first-order valence-electron chi connectivity index (χ1n) is 10.7. The first-order valence-corrected chi connectivity index (χ1v) is 11.1. The van der Waals surface area contributed by atoms with Crippen molar-refractivity contribution in [3.8, 4) is 11.1 Å². The van der Waals surface area contributed by atoms with Crippen LogP contribution < -0.4 is 5.32 Å². The largest absolute Gasteiger partial charge is 0.481 e. The number of aromatic nitrogens is 3. The lowest BCUT2D eigenvalue weighted by atomic mass is 9.82. The first-order chi connectivity index (χ1) is 16.2. The quantitative estimate of drug-likeness (QED) is 0.373. The molecule has 1 heterocycles. The number of rotatable bonds is 11. The highest BCUT2D eigenvalue weighted by atomic mass is 35.5. The molecule has 1 amide bonds. The maximum Gasteiger partial charge on any atom is 0.311 e. The molecule has 180 valence electrons. The van der Waals surface area contributed by atoms with Gasteiger partial charge in [0.05, 0.1) is 18.2 Å². The Bertz CT molecular complexity index is 1120. The fourth-order valence-electron chi connectivity index (χ4n) is 3.65. The number of aromatic amines is 1. The lowest BCUT2D eigenvalue weighted by Crippen LogP contribution is -2.44. The van der Waals surface area contributed by atoms with Crippen molar-refractivity contribution in [1.29, 1.82) is 0 Å². The molecule has 0 spiro atoms. The van der Waals surface area contributed by atoms with E-state index in [1.165, 1.54) is 18.3 Å². The molecule has 0 radical (unpaired) electrons. The number of ether oxygens (including phenoxy) is 1. The number of H-pyrrole nitrogens is 1. The smallest absolute Gasteiger partial charge is 0.311 e. The molecule has 0 fully saturated rings. The third-order valence-electron chi connectivity index (χ3n) is 5.50. The molecule has 2 aromatic carbocycles. The van der Waals surface area contributed by atoms with Crippen molar-refractivity contribution in [3.63, 3.8) is 0 Å². The average Bonchev–Trinajstić information content (AvgIpc) is 3.35. The van der Waals surface area contributed by atoms with Crippen LogP contribution >= 0.6 is 11.6 Å². The van der Waals surface area contributed by atoms with Gasteiger partial charge in [-0.3, -0.25) is 14.7 Å². The van der Waals surface area contributed by atoms with Gasteiger partial charge in [-0.25, -0.2) is 4.39 Å². The van der Waals surface area contributed by atoms with Gasteiger partial charge in [0.15, 0.2) is 5.69 Å². The molecule has 0 saturated heterocycles. The average molecular weight is 489 g/mol. The molecule has 3 rings (SSSR count). The molecule has 1 aromatic heterocycles. The Labute approximate surface area is 201 Å². The van der Waals surface area contributed by atoms with Gasteiger partial charge in [-0.05, 0) is 56.0 Å². The number of hydrogen-bond donors (Lipinski definition) is 3. The molecule has 2 atom stereocenters. The summed E-state index contributed by atoms with van der Waals surface area (Å²) in [7, 11) is 0. The highest BCUT2D eigenvalue weighted by Gasteiger charge is 2.37. The minimum absolute atomic E-state index is 0.00213. The molecule has 8 nitrogen and oxygen atoms in total. The molecule has 3 aromatic rings. The van der Waals surface area contributed by atoms with Gasteiger partial charge in [-0.15, -0.1) is 5.10 Å². The number of nitrogens with one attached hydrogen (secondary N) is 2. The van der Waals surface area contributed by atoms with Crippen molar-refractivity contribution in [3.05, 3.63) is 70.8 Å². The summed E-state index contributed by atoms with van der Waals surface area (Å²) in [6.45, 7) is 3.75. The first kappa shape index (κ1) is 25.3. The van der Waals surface area contributed by atoms with Gasteiger partial charge >= 0.3 is 5.97 Å². The number of nitrogens with zero attached hydrogens (tertiary/aromatic N) is 2. The summed E-state index contributed by atoms with van der Waals surface area (Å²) in [6.07, 6.45) is 1.82. The van der Waals surface area contributed by atoms with Crippen molar-refractivity contribution in [1.82, 2.24) is 20.7 Å². The van der Waals surface area contributed by atoms with Crippen LogP contribution in [0.25, 0.3) is 11.1 Å². The van der Waals surface area contributed by atoms with Crippen LogP contribution in [0.15, 0.2) is 48.7 Å². The second kappa shape index (κ2) is 11.2. The zero-order valence-electron chi connectivity index (χ0n) is 18.8. The van der Waals surface area contributed by atoms with E-state index in [0.717, 1.165) is 5.56 Å². The van der Waals surface area contributed by atoms with Gasteiger partial charge in [0.1, 0.15) is 5.82 Å². The second-order valence-corrected chi connectivity index (χ2v) is 8.70. The number of carbonyl (C=O) groups excluding carboxylic acids is 1. The molecule has 0 aliphatic rings. The van der Waals surface area contributed by atoms with Crippen LogP contribution in [0.2, 0.25) is 5.02 Å². The second-order valence-electron chi connectivity index (χ2n) is 8.26. The molecule has 34 heavy (non-hydrogen) atoms.